The lowest BCUT2D eigenvalue weighted by molar-refractivity contribution is -0.125. The van der Waals surface area contributed by atoms with Gasteiger partial charge in [0.2, 0.25) is 12.3 Å². The molecule has 2 heterocycles. The predicted molar refractivity (Wildman–Crippen MR) is 227 cm³/mol. The van der Waals surface area contributed by atoms with Gasteiger partial charge in [-0.1, -0.05) is 74.4 Å². The third kappa shape index (κ3) is 11.6. The van der Waals surface area contributed by atoms with Crippen molar-refractivity contribution in [3.05, 3.63) is 113 Å². The molecule has 55 heavy (non-hydrogen) atoms. The van der Waals surface area contributed by atoms with Crippen molar-refractivity contribution in [2.75, 3.05) is 47.8 Å². The van der Waals surface area contributed by atoms with Crippen LogP contribution in [0, 0.1) is 6.92 Å². The number of amides is 2. The third-order valence-corrected chi connectivity index (χ3v) is 11.3. The molecule has 0 saturated carbocycles. The zero-order valence-electron chi connectivity index (χ0n) is 33.6. The lowest BCUT2D eigenvalue weighted by Crippen LogP contribution is -2.54. The van der Waals surface area contributed by atoms with Crippen LogP contribution in [0.4, 0.5) is 21.5 Å². The number of likely N-dealkylation sites (tertiary alicyclic amines) is 1. The molecule has 3 aromatic carbocycles. The lowest BCUT2D eigenvalue weighted by atomic mass is 9.78. The fourth-order valence-electron chi connectivity index (χ4n) is 8.00. The SMILES string of the molecule is C=C(CC)/C(=C\N=C(C)Nc1ccc(C2CCN(C3CCN(c4ccc(N(CCC(=O)NC=O)Cc5ccc(C)cc5)cc4)CC3)CC2(C)F)cc1)CCC. The molecule has 0 radical (unpaired) electrons. The Balaban J connectivity index is 1.14. The summed E-state index contributed by atoms with van der Waals surface area (Å²) in [6, 6.07) is 25.6. The molecule has 0 bridgehead atoms. The van der Waals surface area contributed by atoms with Crippen LogP contribution < -0.4 is 20.4 Å². The molecule has 2 fully saturated rings. The van der Waals surface area contributed by atoms with Crippen molar-refractivity contribution in [2.45, 2.75) is 104 Å². The Labute approximate surface area is 328 Å². The van der Waals surface area contributed by atoms with Gasteiger partial charge in [0.15, 0.2) is 0 Å². The van der Waals surface area contributed by atoms with E-state index in [1.807, 2.05) is 25.3 Å². The molecule has 0 spiro atoms. The van der Waals surface area contributed by atoms with Gasteiger partial charge >= 0.3 is 0 Å². The van der Waals surface area contributed by atoms with Gasteiger partial charge in [0.05, 0.1) is 0 Å². The van der Waals surface area contributed by atoms with Gasteiger partial charge in [-0.15, -0.1) is 0 Å². The van der Waals surface area contributed by atoms with Crippen LogP contribution >= 0.6 is 0 Å². The first-order valence-electron chi connectivity index (χ1n) is 20.1. The first kappa shape index (κ1) is 41.4. The first-order valence-corrected chi connectivity index (χ1v) is 20.1. The van der Waals surface area contributed by atoms with Crippen molar-refractivity contribution in [2.24, 2.45) is 4.99 Å². The van der Waals surface area contributed by atoms with Gasteiger partial charge in [-0.25, -0.2) is 9.38 Å². The minimum atomic E-state index is -1.32. The fraction of sp³-hybridized carbons (Fsp3) is 0.457. The fourth-order valence-corrected chi connectivity index (χ4v) is 8.00. The maximum atomic E-state index is 16.5. The van der Waals surface area contributed by atoms with Crippen LogP contribution in [0.3, 0.4) is 0 Å². The van der Waals surface area contributed by atoms with Crippen LogP contribution in [0.15, 0.2) is 102 Å². The monoisotopic (exact) mass is 748 g/mol. The van der Waals surface area contributed by atoms with Crippen LogP contribution in [0.2, 0.25) is 0 Å². The van der Waals surface area contributed by atoms with Gasteiger partial charge in [-0.05, 0) is 113 Å². The molecule has 0 aliphatic carbocycles. The molecule has 2 N–H and O–H groups in total. The maximum Gasteiger partial charge on any atom is 0.228 e. The average molecular weight is 749 g/mol. The van der Waals surface area contributed by atoms with E-state index in [2.05, 4.69) is 118 Å². The Morgan fingerprint density at radius 1 is 0.982 bits per heavy atom. The summed E-state index contributed by atoms with van der Waals surface area (Å²) in [6.07, 6.45) is 8.34. The summed E-state index contributed by atoms with van der Waals surface area (Å²) < 4.78 is 16.5. The molecule has 2 saturated heterocycles. The van der Waals surface area contributed by atoms with Crippen molar-refractivity contribution in [3.63, 3.8) is 0 Å². The Kier molecular flexibility index (Phi) is 14.8. The molecule has 9 heteroatoms. The summed E-state index contributed by atoms with van der Waals surface area (Å²) in [5.74, 6) is 0.381. The number of aryl methyl sites for hydroxylation is 1. The van der Waals surface area contributed by atoms with Crippen molar-refractivity contribution < 1.29 is 14.0 Å². The molecule has 2 aliphatic heterocycles. The van der Waals surface area contributed by atoms with Crippen molar-refractivity contribution in [1.29, 1.82) is 0 Å². The summed E-state index contributed by atoms with van der Waals surface area (Å²) in [6.45, 7) is 18.6. The van der Waals surface area contributed by atoms with Gasteiger partial charge in [-0.3, -0.25) is 19.8 Å². The van der Waals surface area contributed by atoms with Gasteiger partial charge in [0.25, 0.3) is 0 Å². The van der Waals surface area contributed by atoms with E-state index in [0.717, 1.165) is 92.1 Å². The Morgan fingerprint density at radius 3 is 2.29 bits per heavy atom. The first-order chi connectivity index (χ1) is 26.5. The highest BCUT2D eigenvalue weighted by Crippen LogP contribution is 2.41. The summed E-state index contributed by atoms with van der Waals surface area (Å²) in [4.78, 5) is 34.5. The number of aliphatic imine (C=N–C) groups is 1. The number of halogens is 1. The highest BCUT2D eigenvalue weighted by Gasteiger charge is 2.43. The minimum Gasteiger partial charge on any atom is -0.371 e. The maximum absolute atomic E-state index is 16.5. The Morgan fingerprint density at radius 2 is 1.67 bits per heavy atom. The van der Waals surface area contributed by atoms with Crippen LogP contribution in [0.25, 0.3) is 0 Å². The zero-order chi connectivity index (χ0) is 39.4. The van der Waals surface area contributed by atoms with Crippen LogP contribution in [-0.2, 0) is 16.1 Å². The number of benzene rings is 3. The predicted octanol–water partition coefficient (Wildman–Crippen LogP) is 9.33. The van der Waals surface area contributed by atoms with E-state index in [-0.39, 0.29) is 18.2 Å². The molecule has 294 valence electrons. The van der Waals surface area contributed by atoms with E-state index >= 15 is 4.39 Å². The highest BCUT2D eigenvalue weighted by atomic mass is 19.1. The number of piperidine rings is 2. The number of carbonyl (C=O) groups excluding carboxylic acids is 2. The normalized spacial score (nSPS) is 19.9. The van der Waals surface area contributed by atoms with Crippen molar-refractivity contribution >= 4 is 35.2 Å². The Hall–Kier alpha value is -4.76. The molecular formula is C46H61FN6O2. The second-order valence-corrected chi connectivity index (χ2v) is 15.5. The molecule has 8 nitrogen and oxygen atoms in total. The molecule has 2 atom stereocenters. The lowest BCUT2D eigenvalue weighted by Gasteiger charge is -2.47. The Bertz CT molecular complexity index is 1780. The minimum absolute atomic E-state index is 0.143. The van der Waals surface area contributed by atoms with Crippen LogP contribution in [0.5, 0.6) is 0 Å². The van der Waals surface area contributed by atoms with Gasteiger partial charge < -0.3 is 15.1 Å². The number of hydrogen-bond acceptors (Lipinski definition) is 6. The summed E-state index contributed by atoms with van der Waals surface area (Å²) in [5.41, 5.74) is 7.57. The molecule has 2 aliphatic rings. The van der Waals surface area contributed by atoms with Gasteiger partial charge in [-0.2, -0.15) is 0 Å². The number of imide groups is 1. The second-order valence-electron chi connectivity index (χ2n) is 15.5. The van der Waals surface area contributed by atoms with Crippen molar-refractivity contribution in [1.82, 2.24) is 10.2 Å². The average Bonchev–Trinajstić information content (AvgIpc) is 3.19. The smallest absolute Gasteiger partial charge is 0.228 e. The van der Waals surface area contributed by atoms with Gasteiger partial charge in [0, 0.05) is 74.4 Å². The number of amidine groups is 1. The molecule has 0 aromatic heterocycles. The second kappa shape index (κ2) is 19.7. The number of rotatable bonds is 16. The van der Waals surface area contributed by atoms with E-state index in [1.165, 1.54) is 16.8 Å². The van der Waals surface area contributed by atoms with Gasteiger partial charge in [0.1, 0.15) is 11.5 Å². The molecule has 2 amide bonds. The number of nitrogens with zero attached hydrogens (tertiary/aromatic N) is 4. The standard InChI is InChI=1S/C46H61FN6O2/c1-7-9-39(35(4)8-2)30-48-36(5)50-40-16-14-38(15-17-40)44-24-28-53(32-46(44,6)47)43-22-26-51(27-23-43)41-18-20-42(21-19-41)52(29-25-45(55)49-33-54)31-37-12-10-34(3)11-13-37/h10-21,30,33,43-44H,4,7-9,22-29,31-32H2,1-3,5-6H3,(H,48,50)(H,49,54,55)/b39-30-. The molecule has 5 rings (SSSR count). The van der Waals surface area contributed by atoms with Crippen molar-refractivity contribution in [3.8, 4) is 0 Å². The number of anilines is 3. The summed E-state index contributed by atoms with van der Waals surface area (Å²) in [7, 11) is 0. The largest absolute Gasteiger partial charge is 0.371 e. The zero-order valence-corrected chi connectivity index (χ0v) is 33.6. The van der Waals surface area contributed by atoms with Crippen LogP contribution in [0.1, 0.15) is 95.2 Å². The highest BCUT2D eigenvalue weighted by molar-refractivity contribution is 5.94. The number of hydrogen-bond donors (Lipinski definition) is 2. The molecular weight excluding hydrogens is 688 g/mol. The number of alkyl halides is 1. The number of carbonyl (C=O) groups is 2. The van der Waals surface area contributed by atoms with E-state index in [1.54, 1.807) is 6.92 Å². The van der Waals surface area contributed by atoms with E-state index in [0.29, 0.717) is 32.1 Å². The summed E-state index contributed by atoms with van der Waals surface area (Å²) >= 11 is 0. The third-order valence-electron chi connectivity index (χ3n) is 11.3. The number of allylic oxidation sites excluding steroid dienone is 2. The molecule has 3 aromatic rings. The topological polar surface area (TPSA) is 80.3 Å². The quantitative estimate of drug-likeness (QED) is 0.0658. The molecule has 2 unspecified atom stereocenters. The number of nitrogens with one attached hydrogen (secondary N) is 2. The van der Waals surface area contributed by atoms with E-state index < -0.39 is 5.67 Å². The van der Waals surface area contributed by atoms with Crippen LogP contribution in [-0.4, -0.2) is 67.5 Å². The summed E-state index contributed by atoms with van der Waals surface area (Å²) in [5, 5.41) is 5.64. The van der Waals surface area contributed by atoms with E-state index in [9.17, 15) is 9.59 Å². The van der Waals surface area contributed by atoms with E-state index in [4.69, 9.17) is 0 Å².